The van der Waals surface area contributed by atoms with Crippen molar-refractivity contribution in [1.82, 2.24) is 10.3 Å². The minimum Gasteiger partial charge on any atom is -0.449 e. The number of rotatable bonds is 7. The molecular weight excluding hydrogens is 505 g/mol. The summed E-state index contributed by atoms with van der Waals surface area (Å²) in [4.78, 5) is 28.8. The number of amides is 2. The van der Waals surface area contributed by atoms with Crippen LogP contribution >= 0.6 is 22.6 Å². The Balaban J connectivity index is 1.84. The van der Waals surface area contributed by atoms with E-state index in [0.29, 0.717) is 13.0 Å². The number of alkyl carbamates (subject to hydrolysis) is 1. The second-order valence-corrected chi connectivity index (χ2v) is 9.40. The average molecular weight is 533 g/mol. The maximum absolute atomic E-state index is 13.2. The van der Waals surface area contributed by atoms with Gasteiger partial charge in [-0.15, -0.1) is 0 Å². The molecular formula is C24H28IN3O3. The topological polar surface area (TPSA) is 83.2 Å². The van der Waals surface area contributed by atoms with E-state index in [1.54, 1.807) is 0 Å². The van der Waals surface area contributed by atoms with Crippen LogP contribution in [0.3, 0.4) is 0 Å². The van der Waals surface area contributed by atoms with Crippen LogP contribution in [-0.4, -0.2) is 29.6 Å². The minimum atomic E-state index is -0.781. The maximum Gasteiger partial charge on any atom is 0.407 e. The van der Waals surface area contributed by atoms with Gasteiger partial charge in [0.25, 0.3) is 0 Å². The van der Waals surface area contributed by atoms with E-state index in [0.717, 1.165) is 36.9 Å². The first-order chi connectivity index (χ1) is 14.7. The fourth-order valence-electron chi connectivity index (χ4n) is 3.47. The number of hydrogen-bond acceptors (Lipinski definition) is 3. The number of para-hydroxylation sites is 1. The molecule has 1 atom stereocenters. The van der Waals surface area contributed by atoms with E-state index in [4.69, 9.17) is 4.74 Å². The van der Waals surface area contributed by atoms with Crippen molar-refractivity contribution in [3.05, 3.63) is 62.9 Å². The smallest absolute Gasteiger partial charge is 0.407 e. The summed E-state index contributed by atoms with van der Waals surface area (Å²) in [7, 11) is 0. The van der Waals surface area contributed by atoms with E-state index in [1.165, 1.54) is 0 Å². The van der Waals surface area contributed by atoms with Crippen LogP contribution < -0.4 is 10.6 Å². The molecule has 0 spiro atoms. The number of carbonyl (C=O) groups is 2. The number of anilines is 1. The monoisotopic (exact) mass is 533 g/mol. The predicted molar refractivity (Wildman–Crippen MR) is 132 cm³/mol. The summed E-state index contributed by atoms with van der Waals surface area (Å²) < 4.78 is 6.37. The number of hydrogen-bond donors (Lipinski definition) is 3. The molecule has 0 unspecified atom stereocenters. The number of aryl methyl sites for hydroxylation is 2. The van der Waals surface area contributed by atoms with Crippen molar-refractivity contribution in [3.8, 4) is 0 Å². The molecule has 0 aliphatic carbocycles. The van der Waals surface area contributed by atoms with Crippen molar-refractivity contribution in [2.24, 2.45) is 5.92 Å². The third-order valence-electron chi connectivity index (χ3n) is 5.00. The van der Waals surface area contributed by atoms with Gasteiger partial charge in [-0.25, -0.2) is 4.79 Å². The van der Waals surface area contributed by atoms with Gasteiger partial charge < -0.3 is 20.4 Å². The van der Waals surface area contributed by atoms with Crippen molar-refractivity contribution in [1.29, 1.82) is 0 Å². The average Bonchev–Trinajstić information content (AvgIpc) is 3.11. The van der Waals surface area contributed by atoms with E-state index in [-0.39, 0.29) is 11.8 Å². The van der Waals surface area contributed by atoms with Gasteiger partial charge >= 0.3 is 6.09 Å². The van der Waals surface area contributed by atoms with Crippen molar-refractivity contribution in [2.75, 3.05) is 11.9 Å². The third kappa shape index (κ3) is 6.00. The van der Waals surface area contributed by atoms with Gasteiger partial charge in [0.05, 0.1) is 6.61 Å². The van der Waals surface area contributed by atoms with E-state index in [9.17, 15) is 9.59 Å². The third-order valence-corrected chi connectivity index (χ3v) is 5.62. The van der Waals surface area contributed by atoms with Gasteiger partial charge in [-0.2, -0.15) is 0 Å². The number of aromatic amines is 1. The highest BCUT2D eigenvalue weighted by atomic mass is 127. The van der Waals surface area contributed by atoms with Crippen LogP contribution in [0.1, 0.15) is 30.5 Å². The second-order valence-electron chi connectivity index (χ2n) is 8.16. The highest BCUT2D eigenvalue weighted by Crippen LogP contribution is 2.24. The highest BCUT2D eigenvalue weighted by Gasteiger charge is 2.24. The lowest BCUT2D eigenvalue weighted by Gasteiger charge is -2.20. The molecule has 3 rings (SSSR count). The molecule has 0 saturated heterocycles. The summed E-state index contributed by atoms with van der Waals surface area (Å²) in [6.45, 7) is 8.15. The van der Waals surface area contributed by atoms with E-state index in [2.05, 4.69) is 38.2 Å². The Labute approximate surface area is 196 Å². The Morgan fingerprint density at radius 3 is 2.48 bits per heavy atom. The van der Waals surface area contributed by atoms with Crippen LogP contribution in [-0.2, 0) is 16.0 Å². The quantitative estimate of drug-likeness (QED) is 0.360. The lowest BCUT2D eigenvalue weighted by atomic mass is 10.0. The summed E-state index contributed by atoms with van der Waals surface area (Å²) >= 11 is 2.26. The molecule has 1 aromatic heterocycles. The molecule has 164 valence electrons. The largest absolute Gasteiger partial charge is 0.449 e. The fourth-order valence-corrected chi connectivity index (χ4v) is 4.41. The molecule has 31 heavy (non-hydrogen) atoms. The number of fused-ring (bicyclic) bond motifs is 1. The van der Waals surface area contributed by atoms with Gasteiger partial charge in [-0.1, -0.05) is 32.0 Å². The predicted octanol–water partition coefficient (Wildman–Crippen LogP) is 5.32. The minimum absolute atomic E-state index is 0.212. The van der Waals surface area contributed by atoms with Gasteiger partial charge in [-0.3, -0.25) is 4.79 Å². The van der Waals surface area contributed by atoms with Gasteiger partial charge in [0.1, 0.15) is 6.04 Å². The summed E-state index contributed by atoms with van der Waals surface area (Å²) in [5.74, 6) is -0.0667. The number of ether oxygens (including phenoxy) is 1. The van der Waals surface area contributed by atoms with Gasteiger partial charge in [0.2, 0.25) is 5.91 Å². The number of nitrogens with one attached hydrogen (secondary N) is 3. The van der Waals surface area contributed by atoms with Crippen LogP contribution in [0.4, 0.5) is 10.5 Å². The van der Waals surface area contributed by atoms with Crippen LogP contribution in [0.2, 0.25) is 0 Å². The fraction of sp³-hybridized carbons (Fsp3) is 0.333. The molecule has 0 aliphatic rings. The lowest BCUT2D eigenvalue weighted by Crippen LogP contribution is -2.45. The molecule has 1 heterocycles. The van der Waals surface area contributed by atoms with E-state index < -0.39 is 12.1 Å². The number of aromatic nitrogens is 1. The summed E-state index contributed by atoms with van der Waals surface area (Å²) in [6, 6.07) is 11.1. The SMILES string of the molecule is Cc1cc(I)cc(C)c1NC(=O)[C@H](Cc1c[nH]c2ccccc12)NC(=O)OCC(C)C. The first-order valence-corrected chi connectivity index (χ1v) is 11.4. The van der Waals surface area contributed by atoms with Crippen LogP contribution in [0.25, 0.3) is 10.9 Å². The molecule has 0 saturated carbocycles. The Morgan fingerprint density at radius 1 is 1.13 bits per heavy atom. The normalized spacial score (nSPS) is 12.1. The first-order valence-electron chi connectivity index (χ1n) is 10.3. The van der Waals surface area contributed by atoms with E-state index >= 15 is 0 Å². The number of carbonyl (C=O) groups excluding carboxylic acids is 2. The van der Waals surface area contributed by atoms with E-state index in [1.807, 2.05) is 70.3 Å². The first kappa shape index (κ1) is 23.1. The van der Waals surface area contributed by atoms with Crippen LogP contribution in [0, 0.1) is 23.3 Å². The van der Waals surface area contributed by atoms with Gasteiger partial charge in [0.15, 0.2) is 0 Å². The van der Waals surface area contributed by atoms with Crippen molar-refractivity contribution in [3.63, 3.8) is 0 Å². The zero-order valence-electron chi connectivity index (χ0n) is 18.2. The molecule has 0 fully saturated rings. The molecule has 0 radical (unpaired) electrons. The molecule has 2 amide bonds. The van der Waals surface area contributed by atoms with Crippen LogP contribution in [0.15, 0.2) is 42.6 Å². The second kappa shape index (κ2) is 10.2. The standard InChI is InChI=1S/C24H28IN3O3/c1-14(2)13-31-24(30)27-21(11-17-12-26-20-8-6-5-7-19(17)20)23(29)28-22-15(3)9-18(25)10-16(22)4/h5-10,12,14,21,26H,11,13H2,1-4H3,(H,27,30)(H,28,29)/t21-/m0/s1. The van der Waals surface area contributed by atoms with Gasteiger partial charge in [0, 0.05) is 32.8 Å². The molecule has 2 aromatic carbocycles. The number of benzene rings is 2. The van der Waals surface area contributed by atoms with Crippen molar-refractivity contribution < 1.29 is 14.3 Å². The number of halogens is 1. The molecule has 0 aliphatic heterocycles. The highest BCUT2D eigenvalue weighted by molar-refractivity contribution is 14.1. The Morgan fingerprint density at radius 2 is 1.81 bits per heavy atom. The summed E-state index contributed by atoms with van der Waals surface area (Å²) in [5.41, 5.74) is 4.67. The molecule has 6 nitrogen and oxygen atoms in total. The summed E-state index contributed by atoms with van der Waals surface area (Å²) in [5, 5.41) is 6.80. The van der Waals surface area contributed by atoms with Crippen LogP contribution in [0.5, 0.6) is 0 Å². The Hall–Kier alpha value is -2.55. The zero-order chi connectivity index (χ0) is 22.5. The van der Waals surface area contributed by atoms with Crippen molar-refractivity contribution in [2.45, 2.75) is 40.2 Å². The lowest BCUT2D eigenvalue weighted by molar-refractivity contribution is -0.118. The Kier molecular flexibility index (Phi) is 7.59. The molecule has 7 heteroatoms. The molecule has 3 aromatic rings. The Bertz CT molecular complexity index is 1070. The molecule has 0 bridgehead atoms. The zero-order valence-corrected chi connectivity index (χ0v) is 20.4. The maximum atomic E-state index is 13.2. The molecule has 3 N–H and O–H groups in total. The van der Waals surface area contributed by atoms with Crippen molar-refractivity contribution >= 4 is 51.2 Å². The number of H-pyrrole nitrogens is 1. The van der Waals surface area contributed by atoms with Gasteiger partial charge in [-0.05, 0) is 77.2 Å². The summed E-state index contributed by atoms with van der Waals surface area (Å²) in [6.07, 6.45) is 1.63.